The summed E-state index contributed by atoms with van der Waals surface area (Å²) in [5, 5.41) is 0.963. The summed E-state index contributed by atoms with van der Waals surface area (Å²) < 4.78 is 5.24. The number of amides is 1. The maximum Gasteiger partial charge on any atom is 0.222 e. The molecule has 1 rings (SSSR count). The van der Waals surface area contributed by atoms with E-state index in [-0.39, 0.29) is 5.91 Å². The Morgan fingerprint density at radius 3 is 2.88 bits per heavy atom. The van der Waals surface area contributed by atoms with Gasteiger partial charge >= 0.3 is 0 Å². The van der Waals surface area contributed by atoms with Gasteiger partial charge in [0.05, 0.1) is 12.8 Å². The first kappa shape index (κ1) is 13.3. The van der Waals surface area contributed by atoms with Gasteiger partial charge in [0.1, 0.15) is 5.76 Å². The first-order chi connectivity index (χ1) is 7.77. The molecule has 3 nitrogen and oxygen atoms in total. The molecule has 0 atom stereocenters. The van der Waals surface area contributed by atoms with Crippen LogP contribution in [0.1, 0.15) is 31.9 Å². The molecule has 0 spiro atoms. The second-order valence-electron chi connectivity index (χ2n) is 3.63. The Morgan fingerprint density at radius 2 is 2.31 bits per heavy atom. The molecule has 1 aromatic heterocycles. The largest absolute Gasteiger partial charge is 0.467 e. The quantitative estimate of drug-likeness (QED) is 0.570. The molecular formula is C12H18BrNO2. The lowest BCUT2D eigenvalue weighted by Crippen LogP contribution is -2.29. The number of unbranched alkanes of at least 4 members (excludes halogenated alkanes) is 1. The van der Waals surface area contributed by atoms with E-state index < -0.39 is 0 Å². The highest BCUT2D eigenvalue weighted by atomic mass is 79.9. The summed E-state index contributed by atoms with van der Waals surface area (Å²) in [6.45, 7) is 3.30. The van der Waals surface area contributed by atoms with Crippen LogP contribution in [0.2, 0.25) is 0 Å². The molecule has 0 saturated carbocycles. The Hall–Kier alpha value is -0.770. The summed E-state index contributed by atoms with van der Waals surface area (Å²) in [6.07, 6.45) is 4.25. The molecule has 0 aromatic carbocycles. The molecule has 0 aliphatic carbocycles. The van der Waals surface area contributed by atoms with Crippen molar-refractivity contribution < 1.29 is 9.21 Å². The van der Waals surface area contributed by atoms with Crippen molar-refractivity contribution in [2.45, 2.75) is 32.7 Å². The first-order valence-electron chi connectivity index (χ1n) is 5.64. The molecule has 4 heteroatoms. The average Bonchev–Trinajstić information content (AvgIpc) is 2.78. The van der Waals surface area contributed by atoms with E-state index in [0.29, 0.717) is 13.0 Å². The average molecular weight is 288 g/mol. The Bertz CT molecular complexity index is 298. The molecule has 0 N–H and O–H groups in total. The van der Waals surface area contributed by atoms with Gasteiger partial charge in [-0.05, 0) is 31.9 Å². The summed E-state index contributed by atoms with van der Waals surface area (Å²) in [5.74, 6) is 1.05. The number of halogens is 1. The van der Waals surface area contributed by atoms with Gasteiger partial charge < -0.3 is 9.32 Å². The Labute approximate surface area is 105 Å². The third kappa shape index (κ3) is 4.39. The minimum Gasteiger partial charge on any atom is -0.467 e. The van der Waals surface area contributed by atoms with E-state index in [2.05, 4.69) is 15.9 Å². The molecule has 1 aromatic rings. The van der Waals surface area contributed by atoms with Gasteiger partial charge in [0.2, 0.25) is 5.91 Å². The van der Waals surface area contributed by atoms with Crippen LogP contribution in [0.25, 0.3) is 0 Å². The van der Waals surface area contributed by atoms with Crippen molar-refractivity contribution in [3.05, 3.63) is 24.2 Å². The molecule has 0 bridgehead atoms. The third-order valence-electron chi connectivity index (χ3n) is 2.44. The number of nitrogens with zero attached hydrogens (tertiary/aromatic N) is 1. The van der Waals surface area contributed by atoms with Crippen LogP contribution >= 0.6 is 15.9 Å². The van der Waals surface area contributed by atoms with Crippen LogP contribution in [0, 0.1) is 0 Å². The van der Waals surface area contributed by atoms with Gasteiger partial charge in [-0.15, -0.1) is 0 Å². The second kappa shape index (κ2) is 7.49. The van der Waals surface area contributed by atoms with Crippen LogP contribution in [0.4, 0.5) is 0 Å². The van der Waals surface area contributed by atoms with E-state index in [0.717, 1.165) is 30.5 Å². The van der Waals surface area contributed by atoms with Crippen LogP contribution in [0.3, 0.4) is 0 Å². The van der Waals surface area contributed by atoms with E-state index >= 15 is 0 Å². The molecule has 1 amide bonds. The van der Waals surface area contributed by atoms with Gasteiger partial charge in [0, 0.05) is 18.3 Å². The van der Waals surface area contributed by atoms with Crippen molar-refractivity contribution in [3.63, 3.8) is 0 Å². The lowest BCUT2D eigenvalue weighted by Gasteiger charge is -2.19. The Balaban J connectivity index is 2.38. The van der Waals surface area contributed by atoms with Crippen LogP contribution in [-0.2, 0) is 11.3 Å². The minimum absolute atomic E-state index is 0.208. The SMILES string of the molecule is CCN(Cc1ccco1)C(=O)CCCCBr. The second-order valence-corrected chi connectivity index (χ2v) is 4.43. The zero-order valence-electron chi connectivity index (χ0n) is 9.62. The summed E-state index contributed by atoms with van der Waals surface area (Å²) in [4.78, 5) is 13.7. The van der Waals surface area contributed by atoms with Crippen molar-refractivity contribution >= 4 is 21.8 Å². The molecule has 0 fully saturated rings. The zero-order valence-corrected chi connectivity index (χ0v) is 11.2. The lowest BCUT2D eigenvalue weighted by molar-refractivity contribution is -0.131. The number of carbonyl (C=O) groups excluding carboxylic acids is 1. The van der Waals surface area contributed by atoms with E-state index in [9.17, 15) is 4.79 Å². The fraction of sp³-hybridized carbons (Fsp3) is 0.583. The number of carbonyl (C=O) groups is 1. The van der Waals surface area contributed by atoms with E-state index in [1.165, 1.54) is 0 Å². The summed E-state index contributed by atoms with van der Waals surface area (Å²) in [5.41, 5.74) is 0. The normalized spacial score (nSPS) is 10.4. The van der Waals surface area contributed by atoms with Crippen LogP contribution < -0.4 is 0 Å². The smallest absolute Gasteiger partial charge is 0.222 e. The highest BCUT2D eigenvalue weighted by Gasteiger charge is 2.12. The minimum atomic E-state index is 0.208. The maximum atomic E-state index is 11.8. The summed E-state index contributed by atoms with van der Waals surface area (Å²) >= 11 is 3.36. The number of hydrogen-bond acceptors (Lipinski definition) is 2. The first-order valence-corrected chi connectivity index (χ1v) is 6.76. The summed E-state index contributed by atoms with van der Waals surface area (Å²) in [7, 11) is 0. The highest BCUT2D eigenvalue weighted by molar-refractivity contribution is 9.09. The van der Waals surface area contributed by atoms with Crippen molar-refractivity contribution in [1.29, 1.82) is 0 Å². The Kier molecular flexibility index (Phi) is 6.23. The monoisotopic (exact) mass is 287 g/mol. The topological polar surface area (TPSA) is 33.5 Å². The van der Waals surface area contributed by atoms with Crippen molar-refractivity contribution in [2.75, 3.05) is 11.9 Å². The molecule has 0 aliphatic heterocycles. The van der Waals surface area contributed by atoms with Gasteiger partial charge in [-0.3, -0.25) is 4.79 Å². The van der Waals surface area contributed by atoms with Gasteiger partial charge in [-0.1, -0.05) is 15.9 Å². The molecule has 0 aliphatic rings. The zero-order chi connectivity index (χ0) is 11.8. The summed E-state index contributed by atoms with van der Waals surface area (Å²) in [6, 6.07) is 3.74. The predicted octanol–water partition coefficient (Wildman–Crippen LogP) is 3.19. The fourth-order valence-corrected chi connectivity index (χ4v) is 1.89. The molecule has 0 unspecified atom stereocenters. The van der Waals surface area contributed by atoms with E-state index in [1.807, 2.05) is 24.0 Å². The molecular weight excluding hydrogens is 270 g/mol. The van der Waals surface area contributed by atoms with Gasteiger partial charge in [-0.25, -0.2) is 0 Å². The lowest BCUT2D eigenvalue weighted by atomic mass is 10.2. The van der Waals surface area contributed by atoms with E-state index in [1.54, 1.807) is 6.26 Å². The van der Waals surface area contributed by atoms with Crippen molar-refractivity contribution in [2.24, 2.45) is 0 Å². The molecule has 0 radical (unpaired) electrons. The molecule has 90 valence electrons. The van der Waals surface area contributed by atoms with Crippen LogP contribution in [0.15, 0.2) is 22.8 Å². The van der Waals surface area contributed by atoms with Crippen molar-refractivity contribution in [3.8, 4) is 0 Å². The fourth-order valence-electron chi connectivity index (χ4n) is 1.50. The molecule has 16 heavy (non-hydrogen) atoms. The highest BCUT2D eigenvalue weighted by Crippen LogP contribution is 2.08. The maximum absolute atomic E-state index is 11.8. The standard InChI is InChI=1S/C12H18BrNO2/c1-2-14(10-11-6-5-9-16-11)12(15)7-3-4-8-13/h5-6,9H,2-4,7-8,10H2,1H3. The number of rotatable bonds is 7. The molecule has 0 saturated heterocycles. The van der Waals surface area contributed by atoms with Gasteiger partial charge in [0.15, 0.2) is 0 Å². The van der Waals surface area contributed by atoms with Gasteiger partial charge in [0.25, 0.3) is 0 Å². The molecule has 1 heterocycles. The van der Waals surface area contributed by atoms with E-state index in [4.69, 9.17) is 4.42 Å². The van der Waals surface area contributed by atoms with Crippen LogP contribution in [0.5, 0.6) is 0 Å². The number of hydrogen-bond donors (Lipinski definition) is 0. The number of alkyl halides is 1. The Morgan fingerprint density at radius 1 is 1.50 bits per heavy atom. The third-order valence-corrected chi connectivity index (χ3v) is 3.00. The predicted molar refractivity (Wildman–Crippen MR) is 67.4 cm³/mol. The van der Waals surface area contributed by atoms with Crippen LogP contribution in [-0.4, -0.2) is 22.7 Å². The van der Waals surface area contributed by atoms with Gasteiger partial charge in [-0.2, -0.15) is 0 Å². The van der Waals surface area contributed by atoms with Crippen molar-refractivity contribution in [1.82, 2.24) is 4.90 Å². The number of furan rings is 1.